The molecule has 196 valence electrons. The van der Waals surface area contributed by atoms with E-state index in [-0.39, 0.29) is 11.4 Å². The SMILES string of the molecule is CCc1cccc(C2(O)CCN(C(=O)c3ccc(Nc4ccnc5cc(C(F)(F)F)ccc45)cc3)CC2)c1. The maximum atomic E-state index is 13.1. The molecule has 0 aliphatic carbocycles. The minimum absolute atomic E-state index is 0.102. The molecule has 1 saturated heterocycles. The van der Waals surface area contributed by atoms with E-state index >= 15 is 0 Å². The first-order chi connectivity index (χ1) is 18.2. The van der Waals surface area contributed by atoms with Gasteiger partial charge in [-0.3, -0.25) is 9.78 Å². The zero-order chi connectivity index (χ0) is 26.9. The third kappa shape index (κ3) is 5.22. The standard InChI is InChI=1S/C30H28F3N3O2/c1-2-20-4-3-5-22(18-20)29(38)13-16-36(17-14-29)28(37)21-6-9-24(10-7-21)35-26-12-15-34-27-19-23(30(31,32)33)8-11-25(26)27/h3-12,15,18-19,38H,2,13-14,16-17H2,1H3,(H,34,35). The number of nitrogens with zero attached hydrogens (tertiary/aromatic N) is 2. The van der Waals surface area contributed by atoms with Crippen LogP contribution in [0, 0.1) is 0 Å². The molecule has 0 unspecified atom stereocenters. The quantitative estimate of drug-likeness (QED) is 0.309. The lowest BCUT2D eigenvalue weighted by Gasteiger charge is -2.38. The van der Waals surface area contributed by atoms with Gasteiger partial charge in [-0.25, -0.2) is 0 Å². The Balaban J connectivity index is 1.26. The highest BCUT2D eigenvalue weighted by Crippen LogP contribution is 2.35. The van der Waals surface area contributed by atoms with Crippen LogP contribution in [0.2, 0.25) is 0 Å². The highest BCUT2D eigenvalue weighted by atomic mass is 19.4. The molecule has 1 fully saturated rings. The Labute approximate surface area is 218 Å². The van der Waals surface area contributed by atoms with E-state index in [4.69, 9.17) is 0 Å². The number of hydrogen-bond acceptors (Lipinski definition) is 4. The zero-order valence-corrected chi connectivity index (χ0v) is 20.9. The van der Waals surface area contributed by atoms with E-state index in [9.17, 15) is 23.1 Å². The first-order valence-electron chi connectivity index (χ1n) is 12.6. The summed E-state index contributed by atoms with van der Waals surface area (Å²) in [6, 6.07) is 20.1. The number of fused-ring (bicyclic) bond motifs is 1. The number of piperidine rings is 1. The molecule has 1 amide bonds. The molecule has 8 heteroatoms. The molecule has 0 atom stereocenters. The predicted molar refractivity (Wildman–Crippen MR) is 141 cm³/mol. The first-order valence-corrected chi connectivity index (χ1v) is 12.6. The van der Waals surface area contributed by atoms with Crippen molar-refractivity contribution in [3.05, 3.63) is 101 Å². The van der Waals surface area contributed by atoms with Gasteiger partial charge in [-0.2, -0.15) is 13.2 Å². The molecule has 0 radical (unpaired) electrons. The average Bonchev–Trinajstić information content (AvgIpc) is 2.93. The molecule has 1 aromatic heterocycles. The van der Waals surface area contributed by atoms with Gasteiger partial charge in [0.05, 0.1) is 16.7 Å². The zero-order valence-electron chi connectivity index (χ0n) is 20.9. The summed E-state index contributed by atoms with van der Waals surface area (Å²) < 4.78 is 39.2. The molecule has 5 rings (SSSR count). The third-order valence-corrected chi connectivity index (χ3v) is 7.23. The highest BCUT2D eigenvalue weighted by molar-refractivity contribution is 5.96. The third-order valence-electron chi connectivity index (χ3n) is 7.23. The van der Waals surface area contributed by atoms with Crippen molar-refractivity contribution >= 4 is 28.2 Å². The van der Waals surface area contributed by atoms with Crippen molar-refractivity contribution in [3.8, 4) is 0 Å². The summed E-state index contributed by atoms with van der Waals surface area (Å²) in [5, 5.41) is 15.0. The number of likely N-dealkylation sites (tertiary alicyclic amines) is 1. The van der Waals surface area contributed by atoms with Crippen molar-refractivity contribution in [2.75, 3.05) is 18.4 Å². The summed E-state index contributed by atoms with van der Waals surface area (Å²) >= 11 is 0. The second-order valence-corrected chi connectivity index (χ2v) is 9.67. The number of anilines is 2. The lowest BCUT2D eigenvalue weighted by atomic mass is 9.83. The van der Waals surface area contributed by atoms with E-state index in [0.717, 1.165) is 24.1 Å². The normalized spacial score (nSPS) is 15.4. The number of alkyl halides is 3. The maximum absolute atomic E-state index is 13.1. The topological polar surface area (TPSA) is 65.5 Å². The Morgan fingerprint density at radius 1 is 1.03 bits per heavy atom. The molecule has 38 heavy (non-hydrogen) atoms. The second-order valence-electron chi connectivity index (χ2n) is 9.67. The second kappa shape index (κ2) is 10.1. The predicted octanol–water partition coefficient (Wildman–Crippen LogP) is 6.68. The van der Waals surface area contributed by atoms with Crippen molar-refractivity contribution in [3.63, 3.8) is 0 Å². The van der Waals surface area contributed by atoms with Crippen LogP contribution in [0.25, 0.3) is 10.9 Å². The van der Waals surface area contributed by atoms with Gasteiger partial charge in [0.25, 0.3) is 5.91 Å². The van der Waals surface area contributed by atoms with Gasteiger partial charge in [0.1, 0.15) is 0 Å². The summed E-state index contributed by atoms with van der Waals surface area (Å²) in [6.45, 7) is 2.99. The van der Waals surface area contributed by atoms with Crippen LogP contribution < -0.4 is 5.32 Å². The van der Waals surface area contributed by atoms with E-state index in [1.54, 1.807) is 35.2 Å². The molecule has 2 N–H and O–H groups in total. The van der Waals surface area contributed by atoms with Gasteiger partial charge in [0.15, 0.2) is 0 Å². The molecule has 3 aromatic carbocycles. The Morgan fingerprint density at radius 3 is 2.45 bits per heavy atom. The smallest absolute Gasteiger partial charge is 0.385 e. The number of carbonyl (C=O) groups is 1. The number of hydrogen-bond donors (Lipinski definition) is 2. The van der Waals surface area contributed by atoms with Gasteiger partial charge in [0.2, 0.25) is 0 Å². The Morgan fingerprint density at radius 2 is 1.76 bits per heavy atom. The Hall–Kier alpha value is -3.91. The molecule has 1 aliphatic heterocycles. The van der Waals surface area contributed by atoms with Crippen LogP contribution in [-0.4, -0.2) is 34.0 Å². The van der Waals surface area contributed by atoms with Crippen molar-refractivity contribution in [2.24, 2.45) is 0 Å². The van der Waals surface area contributed by atoms with E-state index in [0.29, 0.717) is 48.3 Å². The fraction of sp³-hybridized carbons (Fsp3) is 0.267. The molecule has 0 spiro atoms. The van der Waals surface area contributed by atoms with Crippen LogP contribution in [0.5, 0.6) is 0 Å². The minimum Gasteiger partial charge on any atom is -0.385 e. The van der Waals surface area contributed by atoms with E-state index in [2.05, 4.69) is 17.2 Å². The van der Waals surface area contributed by atoms with Crippen molar-refractivity contribution in [1.29, 1.82) is 0 Å². The van der Waals surface area contributed by atoms with E-state index in [1.807, 2.05) is 24.3 Å². The van der Waals surface area contributed by atoms with Crippen LogP contribution in [0.4, 0.5) is 24.5 Å². The number of rotatable bonds is 5. The number of pyridine rings is 1. The van der Waals surface area contributed by atoms with Crippen molar-refractivity contribution < 1.29 is 23.1 Å². The minimum atomic E-state index is -4.44. The van der Waals surface area contributed by atoms with Crippen LogP contribution in [0.1, 0.15) is 46.8 Å². The van der Waals surface area contributed by atoms with E-state index in [1.165, 1.54) is 17.8 Å². The number of aromatic nitrogens is 1. The number of nitrogens with one attached hydrogen (secondary N) is 1. The average molecular weight is 520 g/mol. The first kappa shape index (κ1) is 25.7. The van der Waals surface area contributed by atoms with Crippen LogP contribution in [0.3, 0.4) is 0 Å². The maximum Gasteiger partial charge on any atom is 0.416 e. The number of aliphatic hydroxyl groups is 1. The van der Waals surface area contributed by atoms with Gasteiger partial charge < -0.3 is 15.3 Å². The van der Waals surface area contributed by atoms with Gasteiger partial charge in [-0.05, 0) is 72.9 Å². The highest BCUT2D eigenvalue weighted by Gasteiger charge is 2.36. The van der Waals surface area contributed by atoms with Crippen LogP contribution >= 0.6 is 0 Å². The van der Waals surface area contributed by atoms with Crippen LogP contribution in [-0.2, 0) is 18.2 Å². The largest absolute Gasteiger partial charge is 0.416 e. The summed E-state index contributed by atoms with van der Waals surface area (Å²) in [5.41, 5.74) is 2.47. The fourth-order valence-corrected chi connectivity index (χ4v) is 4.92. The Kier molecular flexibility index (Phi) is 6.84. The van der Waals surface area contributed by atoms with Gasteiger partial charge >= 0.3 is 6.18 Å². The summed E-state index contributed by atoms with van der Waals surface area (Å²) in [6.07, 6.45) is -1.14. The lowest BCUT2D eigenvalue weighted by molar-refractivity contribution is -0.137. The molecular formula is C30H28F3N3O2. The monoisotopic (exact) mass is 519 g/mol. The van der Waals surface area contributed by atoms with Gasteiger partial charge in [-0.15, -0.1) is 0 Å². The van der Waals surface area contributed by atoms with Gasteiger partial charge in [0, 0.05) is 41.6 Å². The molecule has 0 saturated carbocycles. The van der Waals surface area contributed by atoms with Crippen molar-refractivity contribution in [1.82, 2.24) is 9.88 Å². The van der Waals surface area contributed by atoms with E-state index < -0.39 is 17.3 Å². The molecule has 4 aromatic rings. The molecule has 5 nitrogen and oxygen atoms in total. The molecular weight excluding hydrogens is 491 g/mol. The van der Waals surface area contributed by atoms with Crippen LogP contribution in [0.15, 0.2) is 79.0 Å². The number of aryl methyl sites for hydroxylation is 1. The summed E-state index contributed by atoms with van der Waals surface area (Å²) in [4.78, 5) is 19.0. The summed E-state index contributed by atoms with van der Waals surface area (Å²) in [5.74, 6) is -0.102. The molecule has 0 bridgehead atoms. The number of benzene rings is 3. The van der Waals surface area contributed by atoms with Crippen molar-refractivity contribution in [2.45, 2.75) is 38.0 Å². The number of halogens is 3. The Bertz CT molecular complexity index is 1460. The molecule has 2 heterocycles. The molecule has 1 aliphatic rings. The number of amides is 1. The van der Waals surface area contributed by atoms with Gasteiger partial charge in [-0.1, -0.05) is 37.3 Å². The number of carbonyl (C=O) groups excluding carboxylic acids is 1. The summed E-state index contributed by atoms with van der Waals surface area (Å²) in [7, 11) is 0. The lowest BCUT2D eigenvalue weighted by Crippen LogP contribution is -2.45. The fourth-order valence-electron chi connectivity index (χ4n) is 4.92.